The van der Waals surface area contributed by atoms with Crippen molar-refractivity contribution in [1.82, 2.24) is 25.0 Å². The predicted molar refractivity (Wildman–Crippen MR) is 90.1 cm³/mol. The van der Waals surface area contributed by atoms with Gasteiger partial charge in [-0.05, 0) is 37.8 Å². The van der Waals surface area contributed by atoms with Crippen LogP contribution >= 0.6 is 11.3 Å². The number of carbonyl (C=O) groups is 1. The minimum Gasteiger partial charge on any atom is -0.348 e. The van der Waals surface area contributed by atoms with Crippen molar-refractivity contribution >= 4 is 17.2 Å². The van der Waals surface area contributed by atoms with Gasteiger partial charge in [-0.25, -0.2) is 4.98 Å². The molecule has 1 fully saturated rings. The highest BCUT2D eigenvalue weighted by molar-refractivity contribution is 7.10. The van der Waals surface area contributed by atoms with E-state index in [4.69, 9.17) is 0 Å². The highest BCUT2D eigenvalue weighted by Crippen LogP contribution is 2.20. The molecule has 6 nitrogen and oxygen atoms in total. The van der Waals surface area contributed by atoms with E-state index in [9.17, 15) is 4.79 Å². The number of piperidine rings is 1. The monoisotopic (exact) mass is 333 g/mol. The lowest BCUT2D eigenvalue weighted by Gasteiger charge is -2.35. The van der Waals surface area contributed by atoms with E-state index in [0.29, 0.717) is 12.6 Å². The van der Waals surface area contributed by atoms with Crippen LogP contribution in [0.1, 0.15) is 37.1 Å². The Labute approximate surface area is 140 Å². The summed E-state index contributed by atoms with van der Waals surface area (Å²) in [7, 11) is 0. The second-order valence-electron chi connectivity index (χ2n) is 6.04. The van der Waals surface area contributed by atoms with Gasteiger partial charge in [0.05, 0.1) is 19.1 Å². The van der Waals surface area contributed by atoms with Gasteiger partial charge in [-0.15, -0.1) is 11.3 Å². The van der Waals surface area contributed by atoms with Crippen LogP contribution in [0.5, 0.6) is 0 Å². The quantitative estimate of drug-likeness (QED) is 0.879. The highest BCUT2D eigenvalue weighted by Gasteiger charge is 2.25. The van der Waals surface area contributed by atoms with Gasteiger partial charge < -0.3 is 5.32 Å². The maximum atomic E-state index is 12.4. The summed E-state index contributed by atoms with van der Waals surface area (Å²) >= 11 is 1.68. The second-order valence-corrected chi connectivity index (χ2v) is 7.02. The number of amides is 1. The van der Waals surface area contributed by atoms with Crippen molar-refractivity contribution < 1.29 is 4.79 Å². The number of thiophene rings is 1. The third kappa shape index (κ3) is 4.39. The summed E-state index contributed by atoms with van der Waals surface area (Å²) in [6.45, 7) is 4.26. The van der Waals surface area contributed by atoms with Gasteiger partial charge in [0.2, 0.25) is 5.91 Å². The molecule has 0 aliphatic carbocycles. The van der Waals surface area contributed by atoms with Crippen molar-refractivity contribution in [1.29, 1.82) is 0 Å². The number of hydrogen-bond acceptors (Lipinski definition) is 5. The summed E-state index contributed by atoms with van der Waals surface area (Å²) in [4.78, 5) is 19.8. The van der Waals surface area contributed by atoms with Crippen molar-refractivity contribution in [2.24, 2.45) is 0 Å². The van der Waals surface area contributed by atoms with Crippen molar-refractivity contribution in [3.8, 4) is 0 Å². The minimum atomic E-state index is 0.0704. The van der Waals surface area contributed by atoms with E-state index in [1.807, 2.05) is 23.1 Å². The summed E-state index contributed by atoms with van der Waals surface area (Å²) in [5.74, 6) is 0.0939. The van der Waals surface area contributed by atoms with Crippen molar-refractivity contribution in [3.63, 3.8) is 0 Å². The maximum absolute atomic E-state index is 12.4. The number of aromatic nitrogens is 3. The van der Waals surface area contributed by atoms with Gasteiger partial charge in [0.1, 0.15) is 12.7 Å². The fraction of sp³-hybridized carbons (Fsp3) is 0.562. The molecular formula is C16H23N5OS. The topological polar surface area (TPSA) is 63.1 Å². The van der Waals surface area contributed by atoms with Gasteiger partial charge in [0, 0.05) is 10.9 Å². The molecule has 1 saturated heterocycles. The van der Waals surface area contributed by atoms with E-state index in [-0.39, 0.29) is 11.9 Å². The molecule has 124 valence electrons. The van der Waals surface area contributed by atoms with Gasteiger partial charge in [-0.2, -0.15) is 5.10 Å². The Morgan fingerprint density at radius 2 is 2.43 bits per heavy atom. The van der Waals surface area contributed by atoms with E-state index in [1.165, 1.54) is 11.3 Å². The standard InChI is InChI=1S/C16H23N5OS/c1-13(15-6-4-8-23-15)19-16(22)10-20-7-3-2-5-14(20)9-21-12-17-11-18-21/h4,6,8,11-14H,2-3,5,7,9-10H2,1H3,(H,19,22)/t13-,14-/m0/s1. The SMILES string of the molecule is C[C@H](NC(=O)CN1CCCC[C@H]1Cn1cncn1)c1cccs1. The number of likely N-dealkylation sites (tertiary alicyclic amines) is 1. The molecule has 2 aromatic rings. The highest BCUT2D eigenvalue weighted by atomic mass is 32.1. The summed E-state index contributed by atoms with van der Waals surface area (Å²) < 4.78 is 1.86. The van der Waals surface area contributed by atoms with Gasteiger partial charge in [0.15, 0.2) is 0 Å². The Morgan fingerprint density at radius 3 is 3.17 bits per heavy atom. The van der Waals surface area contributed by atoms with Gasteiger partial charge in [-0.3, -0.25) is 14.4 Å². The molecule has 1 aliphatic heterocycles. The molecule has 7 heteroatoms. The Kier molecular flexibility index (Phi) is 5.40. The summed E-state index contributed by atoms with van der Waals surface area (Å²) in [5, 5.41) is 9.33. The molecule has 1 amide bonds. The molecule has 3 heterocycles. The molecule has 0 spiro atoms. The molecule has 0 unspecified atom stereocenters. The van der Waals surface area contributed by atoms with E-state index in [2.05, 4.69) is 26.4 Å². The zero-order chi connectivity index (χ0) is 16.1. The molecule has 0 saturated carbocycles. The van der Waals surface area contributed by atoms with Gasteiger partial charge in [0.25, 0.3) is 0 Å². The van der Waals surface area contributed by atoms with E-state index >= 15 is 0 Å². The Hall–Kier alpha value is -1.73. The van der Waals surface area contributed by atoms with Crippen LogP contribution in [0.4, 0.5) is 0 Å². The van der Waals surface area contributed by atoms with Crippen LogP contribution in [-0.2, 0) is 11.3 Å². The Bertz CT molecular complexity index is 598. The Balaban J connectivity index is 1.54. The minimum absolute atomic E-state index is 0.0704. The third-order valence-corrected chi connectivity index (χ3v) is 5.36. The van der Waals surface area contributed by atoms with Crippen LogP contribution < -0.4 is 5.32 Å². The largest absolute Gasteiger partial charge is 0.348 e. The fourth-order valence-electron chi connectivity index (χ4n) is 3.10. The van der Waals surface area contributed by atoms with Crippen LogP contribution in [0.15, 0.2) is 30.2 Å². The average Bonchev–Trinajstić information content (AvgIpc) is 3.22. The molecular weight excluding hydrogens is 310 g/mol. The first-order valence-electron chi connectivity index (χ1n) is 8.11. The van der Waals surface area contributed by atoms with Crippen LogP contribution in [-0.4, -0.2) is 44.7 Å². The molecule has 1 N–H and O–H groups in total. The molecule has 0 bridgehead atoms. The molecule has 3 rings (SSSR count). The molecule has 2 aromatic heterocycles. The molecule has 0 aromatic carbocycles. The van der Waals surface area contributed by atoms with Crippen LogP contribution in [0, 0.1) is 0 Å². The normalized spacial score (nSPS) is 20.3. The van der Waals surface area contributed by atoms with Crippen LogP contribution in [0.2, 0.25) is 0 Å². The predicted octanol–water partition coefficient (Wildman–Crippen LogP) is 2.07. The van der Waals surface area contributed by atoms with Crippen molar-refractivity contribution in [2.75, 3.05) is 13.1 Å². The molecule has 0 radical (unpaired) electrons. The smallest absolute Gasteiger partial charge is 0.234 e. The Morgan fingerprint density at radius 1 is 1.52 bits per heavy atom. The number of nitrogens with one attached hydrogen (secondary N) is 1. The lowest BCUT2D eigenvalue weighted by Crippen LogP contribution is -2.47. The first kappa shape index (κ1) is 16.1. The van der Waals surface area contributed by atoms with Gasteiger partial charge >= 0.3 is 0 Å². The molecule has 2 atom stereocenters. The summed E-state index contributed by atoms with van der Waals surface area (Å²) in [6.07, 6.45) is 6.77. The van der Waals surface area contributed by atoms with E-state index in [1.54, 1.807) is 24.0 Å². The fourth-order valence-corrected chi connectivity index (χ4v) is 3.83. The number of rotatable bonds is 6. The van der Waals surface area contributed by atoms with Crippen LogP contribution in [0.3, 0.4) is 0 Å². The number of hydrogen-bond donors (Lipinski definition) is 1. The van der Waals surface area contributed by atoms with Crippen molar-refractivity contribution in [3.05, 3.63) is 35.0 Å². The average molecular weight is 333 g/mol. The zero-order valence-electron chi connectivity index (χ0n) is 13.4. The first-order valence-corrected chi connectivity index (χ1v) is 8.99. The van der Waals surface area contributed by atoms with E-state index < -0.39 is 0 Å². The molecule has 1 aliphatic rings. The van der Waals surface area contributed by atoms with E-state index in [0.717, 1.165) is 25.9 Å². The summed E-state index contributed by atoms with van der Waals surface area (Å²) in [6, 6.07) is 4.50. The zero-order valence-corrected chi connectivity index (χ0v) is 14.2. The lowest BCUT2D eigenvalue weighted by atomic mass is 10.0. The number of carbonyl (C=O) groups excluding carboxylic acids is 1. The number of nitrogens with zero attached hydrogens (tertiary/aromatic N) is 4. The van der Waals surface area contributed by atoms with Gasteiger partial charge in [-0.1, -0.05) is 12.5 Å². The van der Waals surface area contributed by atoms with Crippen molar-refractivity contribution in [2.45, 2.75) is 44.8 Å². The second kappa shape index (κ2) is 7.70. The molecule has 23 heavy (non-hydrogen) atoms. The van der Waals surface area contributed by atoms with Crippen LogP contribution in [0.25, 0.3) is 0 Å². The third-order valence-electron chi connectivity index (χ3n) is 4.31. The first-order chi connectivity index (χ1) is 11.2. The summed E-state index contributed by atoms with van der Waals surface area (Å²) in [5.41, 5.74) is 0. The lowest BCUT2D eigenvalue weighted by molar-refractivity contribution is -0.123. The maximum Gasteiger partial charge on any atom is 0.234 e.